The van der Waals surface area contributed by atoms with Crippen LogP contribution in [0.3, 0.4) is 0 Å². The first-order valence-corrected chi connectivity index (χ1v) is 18.5. The summed E-state index contributed by atoms with van der Waals surface area (Å²) in [7, 11) is 0. The van der Waals surface area contributed by atoms with Gasteiger partial charge in [0, 0.05) is 0 Å². The molecule has 2 aliphatic carbocycles. The van der Waals surface area contributed by atoms with E-state index in [0.29, 0.717) is 0 Å². The van der Waals surface area contributed by atoms with Crippen molar-refractivity contribution in [3.8, 4) is 11.1 Å². The summed E-state index contributed by atoms with van der Waals surface area (Å²) in [4.78, 5) is 0. The van der Waals surface area contributed by atoms with Crippen molar-refractivity contribution in [1.29, 1.82) is 0 Å². The van der Waals surface area contributed by atoms with Crippen molar-refractivity contribution >= 4 is 20.0 Å². The van der Waals surface area contributed by atoms with Crippen LogP contribution in [0.1, 0.15) is 98.0 Å². The monoisotopic (exact) mass is 769 g/mol. The normalized spacial score (nSPS) is 13.5. The fourth-order valence-corrected chi connectivity index (χ4v) is 8.89. The average molecular weight is 772 g/mol. The zero-order valence-electron chi connectivity index (χ0n) is 30.4. The van der Waals surface area contributed by atoms with Crippen LogP contribution in [0, 0.1) is 13.8 Å². The molecule has 0 unspecified atom stereocenters. The van der Waals surface area contributed by atoms with Gasteiger partial charge in [0.1, 0.15) is 0 Å². The van der Waals surface area contributed by atoms with Gasteiger partial charge in [-0.3, -0.25) is 0 Å². The molecular formula is C47H45Cl2Zr. The minimum Gasteiger partial charge on any atom is -1.00 e. The first kappa shape index (κ1) is 38.0. The van der Waals surface area contributed by atoms with E-state index in [9.17, 15) is 0 Å². The topological polar surface area (TPSA) is 0 Å². The van der Waals surface area contributed by atoms with Crippen molar-refractivity contribution < 1.29 is 49.5 Å². The number of allylic oxidation sites excluding steroid dienone is 4. The van der Waals surface area contributed by atoms with E-state index < -0.39 is 0 Å². The first-order valence-electron chi connectivity index (χ1n) is 17.3. The Labute approximate surface area is 326 Å². The van der Waals surface area contributed by atoms with Gasteiger partial charge in [0.25, 0.3) is 0 Å². The molecule has 0 amide bonds. The van der Waals surface area contributed by atoms with E-state index in [1.165, 1.54) is 116 Å². The van der Waals surface area contributed by atoms with E-state index in [-0.39, 0.29) is 35.6 Å². The Balaban J connectivity index is 0.00000243. The molecule has 251 valence electrons. The van der Waals surface area contributed by atoms with E-state index in [0.717, 1.165) is 6.42 Å². The number of rotatable bonds is 4. The third-order valence-corrected chi connectivity index (χ3v) is 11.6. The summed E-state index contributed by atoms with van der Waals surface area (Å²) in [6.45, 7) is 18.8. The zero-order chi connectivity index (χ0) is 34.0. The summed E-state index contributed by atoms with van der Waals surface area (Å²) in [5.74, 6) is 0. The molecule has 0 aromatic heterocycles. The van der Waals surface area contributed by atoms with Crippen LogP contribution in [0.4, 0.5) is 0 Å². The van der Waals surface area contributed by atoms with Crippen molar-refractivity contribution in [2.45, 2.75) is 72.6 Å². The van der Waals surface area contributed by atoms with E-state index >= 15 is 0 Å². The van der Waals surface area contributed by atoms with Gasteiger partial charge >= 0.3 is 304 Å². The van der Waals surface area contributed by atoms with Crippen LogP contribution in [0.25, 0.3) is 31.1 Å². The van der Waals surface area contributed by atoms with Crippen molar-refractivity contribution in [2.75, 3.05) is 0 Å². The van der Waals surface area contributed by atoms with Gasteiger partial charge in [0.15, 0.2) is 0 Å². The Bertz CT molecular complexity index is 2240. The van der Waals surface area contributed by atoms with Crippen molar-refractivity contribution in [1.82, 2.24) is 0 Å². The molecule has 0 radical (unpaired) electrons. The summed E-state index contributed by atoms with van der Waals surface area (Å²) >= 11 is 1.46. The Morgan fingerprint density at radius 1 is 0.620 bits per heavy atom. The molecule has 5 aromatic rings. The predicted octanol–water partition coefficient (Wildman–Crippen LogP) is 4.71. The largest absolute Gasteiger partial charge is 1.00 e. The minimum absolute atomic E-state index is 0. The molecule has 5 aromatic carbocycles. The van der Waals surface area contributed by atoms with Gasteiger partial charge < -0.3 is 24.8 Å². The van der Waals surface area contributed by atoms with E-state index in [1.807, 2.05) is 0 Å². The number of halogens is 2. The fourth-order valence-electron chi connectivity index (χ4n) is 7.74. The Hall–Kier alpha value is -3.22. The van der Waals surface area contributed by atoms with Gasteiger partial charge in [-0.1, -0.05) is 0 Å². The standard InChI is InChI=1S/C47H45.2ClH.Zr/c1-30-17-15-22-36(31(30)2)38-23-16-24-39(38)44-41-28-34-27-35(46(3,4)5)25-26-37(34)40(41)29-42(45(44)47(6,7)8)43(32-18-11-9-12-19-32)33-20-13-10-14-21-33;;;/h9-23,25-27,29H,24H2,1-8H3;2*1H;/q;;;+2/p-2. The first-order chi connectivity index (χ1) is 22.9. The van der Waals surface area contributed by atoms with Gasteiger partial charge in [-0.25, -0.2) is 0 Å². The van der Waals surface area contributed by atoms with Crippen molar-refractivity contribution in [2.24, 2.45) is 0 Å². The van der Waals surface area contributed by atoms with Crippen LogP contribution in [-0.4, -0.2) is 0 Å². The molecule has 0 aliphatic heterocycles. The van der Waals surface area contributed by atoms with Crippen LogP contribution in [0.15, 0.2) is 115 Å². The van der Waals surface area contributed by atoms with Gasteiger partial charge in [-0.05, 0) is 0 Å². The van der Waals surface area contributed by atoms with Gasteiger partial charge in [-0.15, -0.1) is 0 Å². The summed E-state index contributed by atoms with van der Waals surface area (Å²) < 4.78 is 1.48. The maximum atomic E-state index is 2.56. The molecule has 0 heterocycles. The smallest absolute Gasteiger partial charge is 1.00 e. The second-order valence-corrected chi connectivity index (χ2v) is 16.8. The molecule has 0 saturated heterocycles. The summed E-state index contributed by atoms with van der Waals surface area (Å²) in [6, 6.07) is 38.7. The van der Waals surface area contributed by atoms with E-state index in [1.54, 1.807) is 0 Å². The van der Waals surface area contributed by atoms with Crippen molar-refractivity contribution in [3.05, 3.63) is 176 Å². The van der Waals surface area contributed by atoms with Crippen LogP contribution < -0.4 is 35.3 Å². The average Bonchev–Trinajstić information content (AvgIpc) is 3.65. The molecule has 2 aliphatic rings. The van der Waals surface area contributed by atoms with Crippen LogP contribution >= 0.6 is 0 Å². The zero-order valence-corrected chi connectivity index (χ0v) is 34.4. The molecule has 3 heteroatoms. The number of benzene rings is 5. The number of hydrogen-bond acceptors (Lipinski definition) is 0. The second kappa shape index (κ2) is 14.4. The molecule has 0 bridgehead atoms. The second-order valence-electron chi connectivity index (χ2n) is 15.6. The van der Waals surface area contributed by atoms with E-state index in [4.69, 9.17) is 0 Å². The maximum Gasteiger partial charge on any atom is -1.00 e. The van der Waals surface area contributed by atoms with Crippen molar-refractivity contribution in [3.63, 3.8) is 0 Å². The molecule has 0 fully saturated rings. The summed E-state index contributed by atoms with van der Waals surface area (Å²) in [5.41, 5.74) is 19.1. The van der Waals surface area contributed by atoms with Gasteiger partial charge in [0.2, 0.25) is 0 Å². The molecule has 0 nitrogen and oxygen atoms in total. The van der Waals surface area contributed by atoms with Gasteiger partial charge in [0.05, 0.1) is 0 Å². The van der Waals surface area contributed by atoms with Crippen LogP contribution in [0.2, 0.25) is 0 Å². The predicted molar refractivity (Wildman–Crippen MR) is 202 cm³/mol. The number of aryl methyl sites for hydroxylation is 1. The SMILES string of the molecule is Cc1cccc(C2=C(c3c(C(C)(C)C)c(=C(c4ccccc4)c4ccccc4)cc4c3=[C]([Zr+2])c3cc(C(C)(C)C)ccc3-4)CC=C2)c1C.[Cl-].[Cl-]. The molecule has 50 heavy (non-hydrogen) atoms. The summed E-state index contributed by atoms with van der Waals surface area (Å²) in [5, 5.41) is 2.79. The van der Waals surface area contributed by atoms with E-state index in [2.05, 4.69) is 171 Å². The Kier molecular flexibility index (Phi) is 11.0. The fraction of sp³-hybridized carbons (Fsp3) is 0.234. The Morgan fingerprint density at radius 2 is 1.24 bits per heavy atom. The third-order valence-electron chi connectivity index (χ3n) is 10.3. The number of hydrogen-bond donors (Lipinski definition) is 0. The molecule has 0 spiro atoms. The van der Waals surface area contributed by atoms with Crippen LogP contribution in [-0.2, 0) is 35.5 Å². The third kappa shape index (κ3) is 6.63. The molecule has 0 saturated carbocycles. The van der Waals surface area contributed by atoms with Gasteiger partial charge in [-0.2, -0.15) is 0 Å². The molecule has 0 N–H and O–H groups in total. The molecular weight excluding hydrogens is 727 g/mol. The van der Waals surface area contributed by atoms with Crippen LogP contribution in [0.5, 0.6) is 0 Å². The molecule has 7 rings (SSSR count). The summed E-state index contributed by atoms with van der Waals surface area (Å²) in [6.07, 6.45) is 5.71. The quantitative estimate of drug-likeness (QED) is 0.249. The molecule has 0 atom stereocenters. The minimum atomic E-state index is -0.126. The number of fused-ring (bicyclic) bond motifs is 3. The maximum absolute atomic E-state index is 2.56. The Morgan fingerprint density at radius 3 is 1.82 bits per heavy atom.